The molecule has 0 saturated carbocycles. The molecule has 3 heteroatoms. The summed E-state index contributed by atoms with van der Waals surface area (Å²) < 4.78 is 0. The molecule has 7 rings (SSSR count). The van der Waals surface area contributed by atoms with Gasteiger partial charge < -0.3 is 0 Å². The predicted octanol–water partition coefficient (Wildman–Crippen LogP) is 13.0. The highest BCUT2D eigenvalue weighted by atomic mass is 35.5. The van der Waals surface area contributed by atoms with Crippen molar-refractivity contribution in [3.63, 3.8) is 0 Å². The summed E-state index contributed by atoms with van der Waals surface area (Å²) in [6.07, 6.45) is 16.6. The van der Waals surface area contributed by atoms with Crippen LogP contribution in [0.15, 0.2) is 191 Å². The molecule has 0 nitrogen and oxygen atoms in total. The van der Waals surface area contributed by atoms with Crippen molar-refractivity contribution in [2.45, 2.75) is 24.5 Å². The van der Waals surface area contributed by atoms with Gasteiger partial charge in [0.15, 0.2) is 0 Å². The molecule has 2 aliphatic heterocycles. The van der Waals surface area contributed by atoms with E-state index in [4.69, 9.17) is 11.6 Å². The minimum atomic E-state index is 0.248. The van der Waals surface area contributed by atoms with Crippen molar-refractivity contribution in [2.24, 2.45) is 0 Å². The molecule has 0 saturated heterocycles. The van der Waals surface area contributed by atoms with Gasteiger partial charge in [-0.1, -0.05) is 163 Å². The second kappa shape index (κ2) is 14.5. The summed E-state index contributed by atoms with van der Waals surface area (Å²) in [7, 11) is 0. The maximum Gasteiger partial charge on any atom is 0.0547 e. The first kappa shape index (κ1) is 30.5. The smallest absolute Gasteiger partial charge is 0.0547 e. The summed E-state index contributed by atoms with van der Waals surface area (Å²) in [6, 6.07) is 42.6. The standard InChI is InChI=1S/C43H33ClS2/c44-43-37(25-24-31-27-39(33-14-5-1-6-15-33)45-40(28-31)34-16-7-2-8-17-34)22-13-23-38(43)26-32-29-41(35-18-9-3-10-19-35)46-42(30-32)36-20-11-4-12-21-36/h1-12,14-21,24-25,27-30,39H,13,22-23H2. The van der Waals surface area contributed by atoms with Crippen LogP contribution >= 0.6 is 35.1 Å². The number of halogens is 1. The van der Waals surface area contributed by atoms with Gasteiger partial charge in [-0.05, 0) is 70.9 Å². The molecule has 0 bridgehead atoms. The van der Waals surface area contributed by atoms with Gasteiger partial charge >= 0.3 is 0 Å². The topological polar surface area (TPSA) is 0 Å². The fourth-order valence-corrected chi connectivity index (χ4v) is 8.50. The third-order valence-electron chi connectivity index (χ3n) is 8.18. The summed E-state index contributed by atoms with van der Waals surface area (Å²) in [6.45, 7) is 0. The number of thioether (sulfide) groups is 2. The van der Waals surface area contributed by atoms with E-state index in [2.05, 4.69) is 164 Å². The Labute approximate surface area is 286 Å². The Balaban J connectivity index is 1.25. The Morgan fingerprint density at radius 3 is 1.74 bits per heavy atom. The second-order valence-corrected chi connectivity index (χ2v) is 14.1. The fourth-order valence-electron chi connectivity index (χ4n) is 5.82. The van der Waals surface area contributed by atoms with Gasteiger partial charge in [0, 0.05) is 25.9 Å². The first-order valence-corrected chi connectivity index (χ1v) is 17.8. The lowest BCUT2D eigenvalue weighted by atomic mass is 9.93. The number of benzene rings is 4. The second-order valence-electron chi connectivity index (χ2n) is 11.4. The van der Waals surface area contributed by atoms with Crippen LogP contribution in [0.1, 0.15) is 46.8 Å². The molecule has 3 aliphatic rings. The van der Waals surface area contributed by atoms with Gasteiger partial charge in [-0.25, -0.2) is 0 Å². The highest BCUT2D eigenvalue weighted by Gasteiger charge is 2.20. The minimum absolute atomic E-state index is 0.248. The number of hydrogen-bond donors (Lipinski definition) is 0. The van der Waals surface area contributed by atoms with Crippen molar-refractivity contribution in [3.05, 3.63) is 213 Å². The van der Waals surface area contributed by atoms with Gasteiger partial charge in [0.1, 0.15) is 0 Å². The van der Waals surface area contributed by atoms with Crippen LogP contribution in [0.3, 0.4) is 0 Å². The van der Waals surface area contributed by atoms with E-state index in [0.717, 1.165) is 35.4 Å². The van der Waals surface area contributed by atoms with Crippen LogP contribution in [-0.4, -0.2) is 0 Å². The third kappa shape index (κ3) is 7.28. The molecule has 1 unspecified atom stereocenters. The Morgan fingerprint density at radius 1 is 0.609 bits per heavy atom. The lowest BCUT2D eigenvalue weighted by Gasteiger charge is -2.21. The maximum atomic E-state index is 7.17. The zero-order valence-electron chi connectivity index (χ0n) is 25.4. The highest BCUT2D eigenvalue weighted by molar-refractivity contribution is 8.16. The molecule has 46 heavy (non-hydrogen) atoms. The van der Waals surface area contributed by atoms with Crippen molar-refractivity contribution in [1.29, 1.82) is 0 Å². The Kier molecular flexibility index (Phi) is 9.61. The fraction of sp³-hybridized carbons (Fsp3) is 0.0930. The number of hydrogen-bond acceptors (Lipinski definition) is 2. The Hall–Kier alpha value is -4.17. The summed E-state index contributed by atoms with van der Waals surface area (Å²) in [5.41, 5.74) is 13.2. The van der Waals surface area contributed by atoms with Crippen LogP contribution in [0.5, 0.6) is 0 Å². The van der Waals surface area contributed by atoms with Gasteiger partial charge in [0.05, 0.1) is 10.3 Å². The van der Waals surface area contributed by atoms with Gasteiger partial charge in [-0.3, -0.25) is 0 Å². The van der Waals surface area contributed by atoms with E-state index in [1.54, 1.807) is 0 Å². The van der Waals surface area contributed by atoms with Crippen LogP contribution in [0.2, 0.25) is 0 Å². The first-order valence-electron chi connectivity index (χ1n) is 15.7. The van der Waals surface area contributed by atoms with E-state index in [1.165, 1.54) is 48.1 Å². The lowest BCUT2D eigenvalue weighted by molar-refractivity contribution is 0.793. The molecule has 224 valence electrons. The highest BCUT2D eigenvalue weighted by Crippen LogP contribution is 2.46. The molecule has 4 aromatic rings. The minimum Gasteiger partial charge on any atom is -0.113 e. The van der Waals surface area contributed by atoms with Crippen LogP contribution in [0, 0.1) is 0 Å². The SMILES string of the molecule is ClC1=C(C=CC2=CC(c3ccccc3)SC(c3ccccc3)=C2)CCCC1=C=C1C=C(c2ccccc2)SC(c2ccccc2)=C1. The maximum absolute atomic E-state index is 7.17. The molecule has 0 aromatic heterocycles. The van der Waals surface area contributed by atoms with Gasteiger partial charge in [-0.15, -0.1) is 17.5 Å². The van der Waals surface area contributed by atoms with Crippen LogP contribution in [0.25, 0.3) is 14.7 Å². The van der Waals surface area contributed by atoms with E-state index in [1.807, 2.05) is 23.5 Å². The van der Waals surface area contributed by atoms with Gasteiger partial charge in [0.25, 0.3) is 0 Å². The van der Waals surface area contributed by atoms with Gasteiger partial charge in [-0.2, -0.15) is 0 Å². The van der Waals surface area contributed by atoms with Crippen molar-refractivity contribution in [1.82, 2.24) is 0 Å². The van der Waals surface area contributed by atoms with Crippen LogP contribution in [0.4, 0.5) is 0 Å². The molecule has 0 fully saturated rings. The molecule has 0 amide bonds. The largest absolute Gasteiger partial charge is 0.113 e. The van der Waals surface area contributed by atoms with Crippen LogP contribution in [-0.2, 0) is 0 Å². The van der Waals surface area contributed by atoms with E-state index < -0.39 is 0 Å². The molecule has 4 aromatic carbocycles. The molecule has 0 radical (unpaired) electrons. The summed E-state index contributed by atoms with van der Waals surface area (Å²) >= 11 is 10.9. The summed E-state index contributed by atoms with van der Waals surface area (Å²) in [5.74, 6) is 0. The zero-order valence-corrected chi connectivity index (χ0v) is 27.8. The average molecular weight is 649 g/mol. The molecule has 0 N–H and O–H groups in total. The summed E-state index contributed by atoms with van der Waals surface area (Å²) in [5, 5.41) is 1.08. The molecule has 1 atom stereocenters. The average Bonchev–Trinajstić information content (AvgIpc) is 3.13. The van der Waals surface area contributed by atoms with Crippen molar-refractivity contribution in [2.75, 3.05) is 0 Å². The van der Waals surface area contributed by atoms with E-state index in [-0.39, 0.29) is 5.25 Å². The molecule has 0 spiro atoms. The number of rotatable bonds is 6. The molecule has 1 aliphatic carbocycles. The molecular weight excluding hydrogens is 616 g/mol. The monoisotopic (exact) mass is 648 g/mol. The van der Waals surface area contributed by atoms with Crippen molar-refractivity contribution in [3.8, 4) is 0 Å². The van der Waals surface area contributed by atoms with Crippen molar-refractivity contribution >= 4 is 49.8 Å². The van der Waals surface area contributed by atoms with E-state index in [9.17, 15) is 0 Å². The number of allylic oxidation sites excluding steroid dienone is 9. The zero-order chi connectivity index (χ0) is 31.1. The lowest BCUT2D eigenvalue weighted by Crippen LogP contribution is -1.99. The summed E-state index contributed by atoms with van der Waals surface area (Å²) in [4.78, 5) is 3.72. The van der Waals surface area contributed by atoms with Gasteiger partial charge in [0.2, 0.25) is 0 Å². The normalized spacial score (nSPS) is 18.5. The Morgan fingerprint density at radius 2 is 1.15 bits per heavy atom. The quantitative estimate of drug-likeness (QED) is 0.191. The van der Waals surface area contributed by atoms with E-state index in [0.29, 0.717) is 0 Å². The van der Waals surface area contributed by atoms with Crippen molar-refractivity contribution < 1.29 is 0 Å². The molecule has 2 heterocycles. The molecular formula is C43H33ClS2. The first-order chi connectivity index (χ1) is 22.7. The Bertz CT molecular complexity index is 1910. The predicted molar refractivity (Wildman–Crippen MR) is 202 cm³/mol. The van der Waals surface area contributed by atoms with Crippen LogP contribution < -0.4 is 0 Å². The third-order valence-corrected chi connectivity index (χ3v) is 11.1. The van der Waals surface area contributed by atoms with E-state index >= 15 is 0 Å².